The van der Waals surface area contributed by atoms with Crippen LogP contribution in [0.15, 0.2) is 30.3 Å². The van der Waals surface area contributed by atoms with Gasteiger partial charge in [0.15, 0.2) is 5.79 Å². The van der Waals surface area contributed by atoms with Crippen molar-refractivity contribution in [3.63, 3.8) is 0 Å². The molecule has 2 fully saturated rings. The van der Waals surface area contributed by atoms with Crippen molar-refractivity contribution in [3.05, 3.63) is 35.9 Å². The van der Waals surface area contributed by atoms with E-state index in [4.69, 9.17) is 14.2 Å². The van der Waals surface area contributed by atoms with Gasteiger partial charge >= 0.3 is 6.09 Å². The van der Waals surface area contributed by atoms with E-state index in [1.165, 1.54) is 0 Å². The summed E-state index contributed by atoms with van der Waals surface area (Å²) in [6.07, 6.45) is -2.03. The number of imide groups is 1. The maximum atomic E-state index is 12.8. The van der Waals surface area contributed by atoms with Crippen molar-refractivity contribution < 1.29 is 28.9 Å². The summed E-state index contributed by atoms with van der Waals surface area (Å²) in [6.45, 7) is 3.77. The SMILES string of the molecule is CC1(C)OC[C@H]([C@@H](O)[C@H](Br)C(=O)N2C(=O)OC[C@@H]2Cc2ccccc2)O1. The molecule has 2 aliphatic heterocycles. The molecule has 2 saturated heterocycles. The molecular formula is C18H22BrNO6. The number of rotatable bonds is 5. The van der Waals surface area contributed by atoms with E-state index >= 15 is 0 Å². The summed E-state index contributed by atoms with van der Waals surface area (Å²) < 4.78 is 16.1. The van der Waals surface area contributed by atoms with Gasteiger partial charge in [0.1, 0.15) is 23.6 Å². The molecule has 0 radical (unpaired) electrons. The number of ether oxygens (including phenoxy) is 3. The Kier molecular flexibility index (Phi) is 5.67. The van der Waals surface area contributed by atoms with E-state index in [1.807, 2.05) is 30.3 Å². The Labute approximate surface area is 160 Å². The number of hydrogen-bond donors (Lipinski definition) is 1. The Hall–Kier alpha value is -1.48. The topological polar surface area (TPSA) is 85.3 Å². The quantitative estimate of drug-likeness (QED) is 0.721. The third kappa shape index (κ3) is 4.09. The van der Waals surface area contributed by atoms with Crippen LogP contribution in [0.4, 0.5) is 4.79 Å². The minimum atomic E-state index is -1.16. The number of carbonyl (C=O) groups is 2. The summed E-state index contributed by atoms with van der Waals surface area (Å²) >= 11 is 3.22. The lowest BCUT2D eigenvalue weighted by Crippen LogP contribution is -2.50. The van der Waals surface area contributed by atoms with E-state index < -0.39 is 40.9 Å². The summed E-state index contributed by atoms with van der Waals surface area (Å²) in [7, 11) is 0. The second-order valence-electron chi connectivity index (χ2n) is 6.89. The molecule has 0 bridgehead atoms. The average Bonchev–Trinajstić information content (AvgIpc) is 3.16. The number of alkyl halides is 1. The number of halogens is 1. The molecule has 1 N–H and O–H groups in total. The maximum Gasteiger partial charge on any atom is 0.417 e. The van der Waals surface area contributed by atoms with Gasteiger partial charge in [0.25, 0.3) is 0 Å². The van der Waals surface area contributed by atoms with Gasteiger partial charge in [-0.15, -0.1) is 0 Å². The van der Waals surface area contributed by atoms with Gasteiger partial charge in [-0.2, -0.15) is 0 Å². The van der Waals surface area contributed by atoms with Crippen molar-refractivity contribution in [1.29, 1.82) is 0 Å². The lowest BCUT2D eigenvalue weighted by atomic mass is 10.0. The zero-order valence-electron chi connectivity index (χ0n) is 14.6. The first-order valence-corrected chi connectivity index (χ1v) is 9.38. The van der Waals surface area contributed by atoms with Gasteiger partial charge in [0.2, 0.25) is 5.91 Å². The van der Waals surface area contributed by atoms with Crippen molar-refractivity contribution in [2.24, 2.45) is 0 Å². The van der Waals surface area contributed by atoms with Gasteiger partial charge in [-0.3, -0.25) is 4.79 Å². The van der Waals surface area contributed by atoms with Crippen molar-refractivity contribution in [2.45, 2.75) is 49.1 Å². The lowest BCUT2D eigenvalue weighted by molar-refractivity contribution is -0.154. The molecule has 1 aromatic carbocycles. The first-order chi connectivity index (χ1) is 12.3. The second kappa shape index (κ2) is 7.64. The van der Waals surface area contributed by atoms with Crippen molar-refractivity contribution in [1.82, 2.24) is 4.90 Å². The third-order valence-corrected chi connectivity index (χ3v) is 5.39. The fourth-order valence-electron chi connectivity index (χ4n) is 3.12. The Morgan fingerprint density at radius 1 is 1.35 bits per heavy atom. The van der Waals surface area contributed by atoms with Crippen molar-refractivity contribution in [3.8, 4) is 0 Å². The van der Waals surface area contributed by atoms with E-state index in [-0.39, 0.29) is 13.2 Å². The molecule has 2 heterocycles. The first-order valence-electron chi connectivity index (χ1n) is 8.46. The van der Waals surface area contributed by atoms with Crippen LogP contribution in [-0.4, -0.2) is 64.1 Å². The number of hydrogen-bond acceptors (Lipinski definition) is 6. The highest BCUT2D eigenvalue weighted by Crippen LogP contribution is 2.29. The van der Waals surface area contributed by atoms with E-state index in [1.54, 1.807) is 13.8 Å². The number of cyclic esters (lactones) is 1. The first kappa shape index (κ1) is 19.3. The van der Waals surface area contributed by atoms with Crippen molar-refractivity contribution >= 4 is 27.9 Å². The Morgan fingerprint density at radius 3 is 2.65 bits per heavy atom. The van der Waals surface area contributed by atoms with E-state index in [2.05, 4.69) is 15.9 Å². The molecule has 142 valence electrons. The predicted molar refractivity (Wildman–Crippen MR) is 95.8 cm³/mol. The summed E-state index contributed by atoms with van der Waals surface area (Å²) in [4.78, 5) is 25.0. The Balaban J connectivity index is 1.69. The molecule has 0 saturated carbocycles. The van der Waals surface area contributed by atoms with Gasteiger partial charge in [-0.1, -0.05) is 46.3 Å². The Bertz CT molecular complexity index is 667. The van der Waals surface area contributed by atoms with E-state index in [9.17, 15) is 14.7 Å². The van der Waals surface area contributed by atoms with E-state index in [0.717, 1.165) is 10.5 Å². The Morgan fingerprint density at radius 2 is 2.04 bits per heavy atom. The van der Waals surface area contributed by atoms with Crippen molar-refractivity contribution in [2.75, 3.05) is 13.2 Å². The zero-order chi connectivity index (χ0) is 18.9. The van der Waals surface area contributed by atoms with Crippen LogP contribution in [0.1, 0.15) is 19.4 Å². The third-order valence-electron chi connectivity index (χ3n) is 4.46. The molecule has 1 aromatic rings. The molecule has 3 rings (SSSR count). The molecule has 26 heavy (non-hydrogen) atoms. The van der Waals surface area contributed by atoms with Gasteiger partial charge < -0.3 is 19.3 Å². The molecule has 0 aromatic heterocycles. The largest absolute Gasteiger partial charge is 0.447 e. The standard InChI is InChI=1S/C18H22BrNO6/c1-18(2)25-10-13(26-18)15(21)14(19)16(22)20-12(9-24-17(20)23)8-11-6-4-3-5-7-11/h3-7,12-15,21H,8-10H2,1-2H3/t12-,13+,14-,15+/m0/s1. The number of carbonyl (C=O) groups excluding carboxylic acids is 2. The summed E-state index contributed by atoms with van der Waals surface area (Å²) in [5, 5.41) is 10.5. The van der Waals surface area contributed by atoms with Gasteiger partial charge in [0, 0.05) is 0 Å². The van der Waals surface area contributed by atoms with Crippen LogP contribution in [0.25, 0.3) is 0 Å². The fraction of sp³-hybridized carbons (Fsp3) is 0.556. The number of nitrogens with zero attached hydrogens (tertiary/aromatic N) is 1. The van der Waals surface area contributed by atoms with Crippen LogP contribution in [0.3, 0.4) is 0 Å². The van der Waals surface area contributed by atoms with Crippen LogP contribution in [0, 0.1) is 0 Å². The van der Waals surface area contributed by atoms with E-state index in [0.29, 0.717) is 6.42 Å². The average molecular weight is 428 g/mol. The van der Waals surface area contributed by atoms with Crippen LogP contribution < -0.4 is 0 Å². The molecule has 2 aliphatic rings. The lowest BCUT2D eigenvalue weighted by Gasteiger charge is -2.27. The van der Waals surface area contributed by atoms with Gasteiger partial charge in [0.05, 0.1) is 12.6 Å². The summed E-state index contributed by atoms with van der Waals surface area (Å²) in [5.41, 5.74) is 0.995. The smallest absolute Gasteiger partial charge is 0.417 e. The van der Waals surface area contributed by atoms with Crippen LogP contribution in [0.5, 0.6) is 0 Å². The predicted octanol–water partition coefficient (Wildman–Crippen LogP) is 1.85. The number of benzene rings is 1. The molecule has 7 nitrogen and oxygen atoms in total. The van der Waals surface area contributed by atoms with Gasteiger partial charge in [-0.25, -0.2) is 9.69 Å². The highest BCUT2D eigenvalue weighted by molar-refractivity contribution is 9.10. The summed E-state index contributed by atoms with van der Waals surface area (Å²) in [6, 6.07) is 9.14. The van der Waals surface area contributed by atoms with Gasteiger partial charge in [-0.05, 0) is 25.8 Å². The highest BCUT2D eigenvalue weighted by atomic mass is 79.9. The molecular weight excluding hydrogens is 406 g/mol. The molecule has 0 spiro atoms. The zero-order valence-corrected chi connectivity index (χ0v) is 16.2. The van der Waals surface area contributed by atoms with Crippen LogP contribution in [0.2, 0.25) is 0 Å². The highest BCUT2D eigenvalue weighted by Gasteiger charge is 2.46. The number of aliphatic hydroxyl groups is 1. The minimum absolute atomic E-state index is 0.130. The second-order valence-corrected chi connectivity index (χ2v) is 7.87. The molecule has 8 heteroatoms. The van der Waals surface area contributed by atoms with Crippen LogP contribution in [-0.2, 0) is 25.4 Å². The molecule has 4 atom stereocenters. The number of amides is 2. The molecule has 0 aliphatic carbocycles. The fourth-order valence-corrected chi connectivity index (χ4v) is 3.68. The molecule has 2 amide bonds. The minimum Gasteiger partial charge on any atom is -0.447 e. The number of aliphatic hydroxyl groups excluding tert-OH is 1. The monoisotopic (exact) mass is 427 g/mol. The summed E-state index contributed by atoms with van der Waals surface area (Å²) in [5.74, 6) is -1.36. The van der Waals surface area contributed by atoms with Crippen LogP contribution >= 0.6 is 15.9 Å². The molecule has 0 unspecified atom stereocenters. The normalized spacial score (nSPS) is 27.2. The maximum absolute atomic E-state index is 12.8.